The first kappa shape index (κ1) is 19.7. The fourth-order valence-electron chi connectivity index (χ4n) is 2.73. The fraction of sp³-hybridized carbons (Fsp3) is 0.611. The lowest BCUT2D eigenvalue weighted by molar-refractivity contribution is 0.0599. The molecule has 0 fully saturated rings. The molecule has 0 amide bonds. The number of esters is 1. The number of hydrogen-bond acceptors (Lipinski definition) is 4. The molecular weight excluding hydrogens is 312 g/mol. The van der Waals surface area contributed by atoms with Crippen LogP contribution < -0.4 is 0 Å². The van der Waals surface area contributed by atoms with Gasteiger partial charge < -0.3 is 4.74 Å². The summed E-state index contributed by atoms with van der Waals surface area (Å²) in [5, 5.41) is 0. The van der Waals surface area contributed by atoms with Gasteiger partial charge in [-0.3, -0.25) is 0 Å². The van der Waals surface area contributed by atoms with Crippen molar-refractivity contribution in [3.63, 3.8) is 0 Å². The Morgan fingerprint density at radius 2 is 1.70 bits per heavy atom. The van der Waals surface area contributed by atoms with E-state index in [-0.39, 0.29) is 4.90 Å². The summed E-state index contributed by atoms with van der Waals surface area (Å²) in [5.74, 6) is -0.476. The number of rotatable bonds is 9. The van der Waals surface area contributed by atoms with Crippen molar-refractivity contribution >= 4 is 15.8 Å². The normalized spacial score (nSPS) is 11.5. The van der Waals surface area contributed by atoms with Crippen molar-refractivity contribution < 1.29 is 17.9 Å². The zero-order valence-corrected chi connectivity index (χ0v) is 15.5. The summed E-state index contributed by atoms with van der Waals surface area (Å²) in [7, 11) is -2.06. The van der Waals surface area contributed by atoms with Crippen LogP contribution in [0.1, 0.15) is 67.4 Å². The fourth-order valence-corrected chi connectivity index (χ4v) is 3.70. The van der Waals surface area contributed by atoms with Gasteiger partial charge in [0.2, 0.25) is 0 Å². The molecule has 0 aliphatic rings. The quantitative estimate of drug-likeness (QED) is 0.504. The number of carbonyl (C=O) groups excluding carboxylic acids is 1. The van der Waals surface area contributed by atoms with Crippen LogP contribution in [0.4, 0.5) is 0 Å². The second-order valence-electron chi connectivity index (χ2n) is 5.94. The minimum Gasteiger partial charge on any atom is -0.465 e. The minimum absolute atomic E-state index is 0.259. The third-order valence-corrected chi connectivity index (χ3v) is 5.09. The first-order valence-corrected chi connectivity index (χ1v) is 10.2. The highest BCUT2D eigenvalue weighted by Gasteiger charge is 2.20. The van der Waals surface area contributed by atoms with E-state index in [1.165, 1.54) is 19.4 Å². The molecule has 0 aliphatic heterocycles. The van der Waals surface area contributed by atoms with E-state index in [9.17, 15) is 13.2 Å². The maximum atomic E-state index is 12.1. The van der Waals surface area contributed by atoms with Crippen molar-refractivity contribution in [3.05, 3.63) is 28.8 Å². The van der Waals surface area contributed by atoms with Crippen molar-refractivity contribution in [2.75, 3.05) is 13.4 Å². The first-order chi connectivity index (χ1) is 10.8. The first-order valence-electron chi connectivity index (χ1n) is 8.29. The van der Waals surface area contributed by atoms with Gasteiger partial charge >= 0.3 is 5.97 Å². The van der Waals surface area contributed by atoms with Crippen LogP contribution in [-0.2, 0) is 27.4 Å². The van der Waals surface area contributed by atoms with E-state index in [0.717, 1.165) is 56.1 Å². The number of methoxy groups -OCH3 is 1. The third-order valence-electron chi connectivity index (χ3n) is 3.91. The van der Waals surface area contributed by atoms with Crippen LogP contribution in [0.15, 0.2) is 17.0 Å². The van der Waals surface area contributed by atoms with Crippen LogP contribution in [-0.4, -0.2) is 27.8 Å². The number of unbranched alkanes of at least 4 members (excludes halogenated alkanes) is 3. The number of ether oxygens (including phenoxy) is 1. The number of benzene rings is 1. The number of aryl methyl sites for hydroxylation is 2. The summed E-state index contributed by atoms with van der Waals surface area (Å²) in [6.45, 7) is 4.18. The summed E-state index contributed by atoms with van der Waals surface area (Å²) in [6, 6.07) is 3.39. The molecule has 0 heterocycles. The Morgan fingerprint density at radius 3 is 2.22 bits per heavy atom. The molecule has 0 atom stereocenters. The van der Waals surface area contributed by atoms with Gasteiger partial charge in [-0.15, -0.1) is 0 Å². The molecule has 0 bridgehead atoms. The van der Waals surface area contributed by atoms with Crippen molar-refractivity contribution in [1.82, 2.24) is 0 Å². The predicted molar refractivity (Wildman–Crippen MR) is 92.7 cm³/mol. The monoisotopic (exact) mass is 340 g/mol. The van der Waals surface area contributed by atoms with Gasteiger partial charge in [-0.1, -0.05) is 45.6 Å². The molecule has 5 heteroatoms. The third kappa shape index (κ3) is 5.65. The Bertz CT molecular complexity index is 633. The maximum Gasteiger partial charge on any atom is 0.338 e. The van der Waals surface area contributed by atoms with Gasteiger partial charge in [0.05, 0.1) is 17.6 Å². The van der Waals surface area contributed by atoms with Crippen LogP contribution in [0, 0.1) is 0 Å². The Hall–Kier alpha value is -1.36. The second-order valence-corrected chi connectivity index (χ2v) is 7.93. The van der Waals surface area contributed by atoms with Gasteiger partial charge in [-0.25, -0.2) is 13.2 Å². The summed E-state index contributed by atoms with van der Waals surface area (Å²) >= 11 is 0. The van der Waals surface area contributed by atoms with Crippen molar-refractivity contribution in [1.29, 1.82) is 0 Å². The molecule has 1 aromatic carbocycles. The van der Waals surface area contributed by atoms with E-state index < -0.39 is 15.8 Å². The molecule has 0 unspecified atom stereocenters. The van der Waals surface area contributed by atoms with Gasteiger partial charge in [0, 0.05) is 6.26 Å². The lowest BCUT2D eigenvalue weighted by Crippen LogP contribution is -2.11. The number of carbonyl (C=O) groups is 1. The molecule has 0 saturated carbocycles. The van der Waals surface area contributed by atoms with Crippen molar-refractivity contribution in [2.45, 2.75) is 63.7 Å². The highest BCUT2D eigenvalue weighted by atomic mass is 32.2. The van der Waals surface area contributed by atoms with E-state index in [2.05, 4.69) is 6.92 Å². The molecule has 0 aliphatic carbocycles. The average molecular weight is 340 g/mol. The molecule has 0 spiro atoms. The smallest absolute Gasteiger partial charge is 0.338 e. The zero-order chi connectivity index (χ0) is 17.5. The summed E-state index contributed by atoms with van der Waals surface area (Å²) in [4.78, 5) is 12.2. The summed E-state index contributed by atoms with van der Waals surface area (Å²) < 4.78 is 29.1. The largest absolute Gasteiger partial charge is 0.465 e. The molecule has 0 N–H and O–H groups in total. The Kier molecular flexibility index (Phi) is 7.76. The zero-order valence-electron chi connectivity index (χ0n) is 14.6. The van der Waals surface area contributed by atoms with E-state index in [0.29, 0.717) is 5.56 Å². The molecule has 23 heavy (non-hydrogen) atoms. The minimum atomic E-state index is -3.38. The van der Waals surface area contributed by atoms with Crippen molar-refractivity contribution in [3.8, 4) is 0 Å². The van der Waals surface area contributed by atoms with Gasteiger partial charge in [0.15, 0.2) is 9.84 Å². The van der Waals surface area contributed by atoms with Gasteiger partial charge in [0.1, 0.15) is 0 Å². The highest BCUT2D eigenvalue weighted by molar-refractivity contribution is 7.90. The molecule has 130 valence electrons. The Morgan fingerprint density at radius 1 is 1.00 bits per heavy atom. The molecule has 1 rings (SSSR count). The summed E-state index contributed by atoms with van der Waals surface area (Å²) in [5.41, 5.74) is 2.06. The van der Waals surface area contributed by atoms with Gasteiger partial charge in [-0.05, 0) is 36.5 Å². The topological polar surface area (TPSA) is 60.4 Å². The molecule has 0 saturated heterocycles. The molecule has 0 aromatic heterocycles. The Labute approximate surface area is 140 Å². The van der Waals surface area contributed by atoms with Gasteiger partial charge in [-0.2, -0.15) is 0 Å². The standard InChI is InChI=1S/C18H28O4S/c1-5-7-8-9-11-15-12-14(10-6-2)16(18(19)22-3)13-17(15)23(4,20)21/h12-13H,5-11H2,1-4H3. The molecule has 1 aromatic rings. The van der Waals surface area contributed by atoms with E-state index in [4.69, 9.17) is 4.74 Å². The van der Waals surface area contributed by atoms with E-state index in [1.54, 1.807) is 0 Å². The highest BCUT2D eigenvalue weighted by Crippen LogP contribution is 2.25. The lowest BCUT2D eigenvalue weighted by Gasteiger charge is -2.14. The van der Waals surface area contributed by atoms with Crippen LogP contribution in [0.3, 0.4) is 0 Å². The maximum absolute atomic E-state index is 12.1. The SMILES string of the molecule is CCCCCCc1cc(CCC)c(C(=O)OC)cc1S(C)(=O)=O. The molecular formula is C18H28O4S. The predicted octanol–water partition coefficient (Wildman–Crippen LogP) is 3.95. The van der Waals surface area contributed by atoms with Crippen LogP contribution in [0.5, 0.6) is 0 Å². The van der Waals surface area contributed by atoms with E-state index in [1.807, 2.05) is 13.0 Å². The summed E-state index contributed by atoms with van der Waals surface area (Å²) in [6.07, 6.45) is 7.87. The molecule has 4 nitrogen and oxygen atoms in total. The molecule has 0 radical (unpaired) electrons. The van der Waals surface area contributed by atoms with Gasteiger partial charge in [0.25, 0.3) is 0 Å². The Balaban J connectivity index is 3.30. The van der Waals surface area contributed by atoms with Crippen LogP contribution >= 0.6 is 0 Å². The number of sulfone groups is 1. The number of hydrogen-bond donors (Lipinski definition) is 0. The van der Waals surface area contributed by atoms with E-state index >= 15 is 0 Å². The lowest BCUT2D eigenvalue weighted by atomic mass is 9.97. The van der Waals surface area contributed by atoms with Crippen LogP contribution in [0.25, 0.3) is 0 Å². The van der Waals surface area contributed by atoms with Crippen LogP contribution in [0.2, 0.25) is 0 Å². The van der Waals surface area contributed by atoms with Crippen molar-refractivity contribution in [2.24, 2.45) is 0 Å². The second kappa shape index (κ2) is 9.06. The average Bonchev–Trinajstić information content (AvgIpc) is 2.50.